The van der Waals surface area contributed by atoms with E-state index < -0.39 is 17.7 Å². The number of hydrogen-bond donors (Lipinski definition) is 2. The summed E-state index contributed by atoms with van der Waals surface area (Å²) in [5.74, 6) is 0.235. The Balaban J connectivity index is 1.72. The van der Waals surface area contributed by atoms with E-state index >= 15 is 0 Å². The van der Waals surface area contributed by atoms with Crippen molar-refractivity contribution in [2.45, 2.75) is 83.4 Å². The van der Waals surface area contributed by atoms with Crippen LogP contribution in [0.4, 0.5) is 4.79 Å². The molecule has 3 aromatic rings. The first kappa shape index (κ1) is 25.2. The average molecular weight is 505 g/mol. The lowest BCUT2D eigenvalue weighted by Gasteiger charge is -2.24. The molecule has 196 valence electrons. The number of carboxylic acids is 1. The van der Waals surface area contributed by atoms with Gasteiger partial charge in [0.25, 0.3) is 0 Å². The van der Waals surface area contributed by atoms with Crippen molar-refractivity contribution >= 4 is 23.0 Å². The fourth-order valence-corrected chi connectivity index (χ4v) is 6.01. The topological polar surface area (TPSA) is 89.8 Å². The van der Waals surface area contributed by atoms with Crippen LogP contribution in [0.3, 0.4) is 0 Å². The van der Waals surface area contributed by atoms with Gasteiger partial charge < -0.3 is 24.5 Å². The van der Waals surface area contributed by atoms with Crippen molar-refractivity contribution in [1.82, 2.24) is 9.88 Å². The van der Waals surface area contributed by atoms with Gasteiger partial charge in [-0.15, -0.1) is 0 Å². The van der Waals surface area contributed by atoms with Crippen molar-refractivity contribution in [3.05, 3.63) is 53.1 Å². The first-order chi connectivity index (χ1) is 17.6. The molecule has 1 saturated carbocycles. The Morgan fingerprint density at radius 1 is 1.05 bits per heavy atom. The molecule has 7 nitrogen and oxygen atoms in total. The molecule has 2 aromatic carbocycles. The summed E-state index contributed by atoms with van der Waals surface area (Å²) in [6.07, 6.45) is 6.04. The number of aromatic carboxylic acids is 1. The number of carbonyl (C=O) groups is 2. The van der Waals surface area contributed by atoms with Gasteiger partial charge in [0.05, 0.1) is 24.4 Å². The predicted molar refractivity (Wildman–Crippen MR) is 144 cm³/mol. The second-order valence-corrected chi connectivity index (χ2v) is 11.3. The van der Waals surface area contributed by atoms with Crippen molar-refractivity contribution in [2.75, 3.05) is 7.11 Å². The zero-order valence-electron chi connectivity index (χ0n) is 22.1. The van der Waals surface area contributed by atoms with Crippen LogP contribution in [0.15, 0.2) is 36.4 Å². The lowest BCUT2D eigenvalue weighted by atomic mass is 9.81. The molecule has 5 rings (SSSR count). The van der Waals surface area contributed by atoms with Gasteiger partial charge in [0.2, 0.25) is 0 Å². The zero-order chi connectivity index (χ0) is 26.3. The molecule has 37 heavy (non-hydrogen) atoms. The van der Waals surface area contributed by atoms with Gasteiger partial charge in [-0.05, 0) is 87.4 Å². The second kappa shape index (κ2) is 9.77. The van der Waals surface area contributed by atoms with Crippen LogP contribution in [0.1, 0.15) is 80.3 Å². The van der Waals surface area contributed by atoms with Crippen LogP contribution >= 0.6 is 0 Å². The Morgan fingerprint density at radius 2 is 1.81 bits per heavy atom. The van der Waals surface area contributed by atoms with Crippen molar-refractivity contribution in [2.24, 2.45) is 0 Å². The Bertz CT molecular complexity index is 1340. The molecule has 1 atom stereocenters. The van der Waals surface area contributed by atoms with Gasteiger partial charge in [0.15, 0.2) is 0 Å². The molecule has 7 heteroatoms. The maximum Gasteiger partial charge on any atom is 0.407 e. The summed E-state index contributed by atoms with van der Waals surface area (Å²) >= 11 is 0. The molecule has 0 bridgehead atoms. The fraction of sp³-hybridized carbons (Fsp3) is 0.467. The Kier molecular flexibility index (Phi) is 6.65. The Morgan fingerprint density at radius 3 is 2.49 bits per heavy atom. The molecule has 0 radical (unpaired) electrons. The smallest absolute Gasteiger partial charge is 0.407 e. The number of ether oxygens (including phenoxy) is 2. The molecule has 2 heterocycles. The van der Waals surface area contributed by atoms with Gasteiger partial charge in [-0.1, -0.05) is 25.3 Å². The number of methoxy groups -OCH3 is 1. The van der Waals surface area contributed by atoms with Gasteiger partial charge >= 0.3 is 12.1 Å². The van der Waals surface area contributed by atoms with E-state index in [9.17, 15) is 14.7 Å². The minimum absolute atomic E-state index is 0.245. The first-order valence-electron chi connectivity index (χ1n) is 13.2. The molecule has 1 aliphatic carbocycles. The van der Waals surface area contributed by atoms with Gasteiger partial charge in [0.1, 0.15) is 11.4 Å². The number of fused-ring (bicyclic) bond motifs is 5. The SMILES string of the molecule is COc1ccc2c(c1)CC(NC(=O)OC(C)(C)C)Cn1c-2c(C2CCCCC2)c2ccc(C(=O)O)cc21. The standard InChI is InChI=1S/C30H36N2O5/c1-30(2,3)37-29(35)31-21-14-20-15-22(36-4)11-13-23(20)27-26(18-8-6-5-7-9-18)24-12-10-19(28(33)34)16-25(24)32(27)17-21/h10-13,15-16,18,21H,5-9,14,17H2,1-4H3,(H,31,35)(H,33,34). The van der Waals surface area contributed by atoms with Crippen molar-refractivity contribution in [3.8, 4) is 17.0 Å². The molecule has 1 unspecified atom stereocenters. The van der Waals surface area contributed by atoms with Gasteiger partial charge in [0, 0.05) is 23.0 Å². The number of amides is 1. The quantitative estimate of drug-likeness (QED) is 0.423. The van der Waals surface area contributed by atoms with E-state index in [2.05, 4.69) is 22.0 Å². The monoisotopic (exact) mass is 504 g/mol. The summed E-state index contributed by atoms with van der Waals surface area (Å²) in [6, 6.07) is 11.4. The molecule has 0 spiro atoms. The van der Waals surface area contributed by atoms with Crippen LogP contribution in [-0.2, 0) is 17.7 Å². The van der Waals surface area contributed by atoms with Crippen LogP contribution in [0, 0.1) is 0 Å². The molecule has 1 aromatic heterocycles. The molecule has 1 amide bonds. The molecule has 2 aliphatic rings. The highest BCUT2D eigenvalue weighted by Crippen LogP contribution is 2.46. The van der Waals surface area contributed by atoms with Gasteiger partial charge in [-0.25, -0.2) is 9.59 Å². The summed E-state index contributed by atoms with van der Waals surface area (Å²) in [5, 5.41) is 13.9. The Labute approximate surface area is 217 Å². The number of nitrogens with one attached hydrogen (secondary N) is 1. The largest absolute Gasteiger partial charge is 0.497 e. The van der Waals surface area contributed by atoms with Crippen LogP contribution in [0.25, 0.3) is 22.2 Å². The number of benzene rings is 2. The summed E-state index contributed by atoms with van der Waals surface area (Å²) in [7, 11) is 1.66. The predicted octanol–water partition coefficient (Wildman–Crippen LogP) is 6.51. The zero-order valence-corrected chi connectivity index (χ0v) is 22.1. The minimum Gasteiger partial charge on any atom is -0.497 e. The van der Waals surface area contributed by atoms with Crippen molar-refractivity contribution in [1.29, 1.82) is 0 Å². The number of carbonyl (C=O) groups excluding carboxylic acids is 1. The third-order valence-corrected chi connectivity index (χ3v) is 7.52. The number of hydrogen-bond acceptors (Lipinski definition) is 4. The molecule has 1 aliphatic heterocycles. The van der Waals surface area contributed by atoms with Crippen LogP contribution in [-0.4, -0.2) is 40.5 Å². The average Bonchev–Trinajstić information content (AvgIpc) is 3.07. The maximum atomic E-state index is 12.8. The number of nitrogens with zero attached hydrogens (tertiary/aromatic N) is 1. The van der Waals surface area contributed by atoms with E-state index in [4.69, 9.17) is 9.47 Å². The highest BCUT2D eigenvalue weighted by Gasteiger charge is 2.32. The van der Waals surface area contributed by atoms with E-state index in [0.29, 0.717) is 18.9 Å². The summed E-state index contributed by atoms with van der Waals surface area (Å²) < 4.78 is 13.4. The third kappa shape index (κ3) is 5.04. The molecule has 1 fully saturated rings. The molecule has 0 saturated heterocycles. The van der Waals surface area contributed by atoms with Crippen LogP contribution in [0.2, 0.25) is 0 Å². The fourth-order valence-electron chi connectivity index (χ4n) is 6.01. The third-order valence-electron chi connectivity index (χ3n) is 7.52. The van der Waals surface area contributed by atoms with E-state index in [1.807, 2.05) is 32.9 Å². The van der Waals surface area contributed by atoms with E-state index in [0.717, 1.165) is 46.3 Å². The van der Waals surface area contributed by atoms with Crippen LogP contribution < -0.4 is 10.1 Å². The summed E-state index contributed by atoms with van der Waals surface area (Å²) in [4.78, 5) is 24.7. The number of rotatable bonds is 4. The van der Waals surface area contributed by atoms with Crippen LogP contribution in [0.5, 0.6) is 5.75 Å². The molecular weight excluding hydrogens is 468 g/mol. The molecular formula is C30H36N2O5. The highest BCUT2D eigenvalue weighted by molar-refractivity contribution is 5.98. The number of alkyl carbamates (subject to hydrolysis) is 1. The number of carboxylic acid groups (broad SMARTS) is 1. The van der Waals surface area contributed by atoms with Crippen molar-refractivity contribution < 1.29 is 24.2 Å². The van der Waals surface area contributed by atoms with E-state index in [1.54, 1.807) is 19.2 Å². The molecule has 2 N–H and O–H groups in total. The lowest BCUT2D eigenvalue weighted by Crippen LogP contribution is -2.42. The first-order valence-corrected chi connectivity index (χ1v) is 13.2. The number of aromatic nitrogens is 1. The van der Waals surface area contributed by atoms with Crippen molar-refractivity contribution in [3.63, 3.8) is 0 Å². The summed E-state index contributed by atoms with van der Waals surface area (Å²) in [5.41, 5.74) is 5.20. The highest BCUT2D eigenvalue weighted by atomic mass is 16.6. The van der Waals surface area contributed by atoms with E-state index in [-0.39, 0.29) is 11.6 Å². The van der Waals surface area contributed by atoms with Gasteiger partial charge in [-0.3, -0.25) is 0 Å². The minimum atomic E-state index is -0.946. The normalized spacial score (nSPS) is 18.0. The Hall–Kier alpha value is -3.48. The second-order valence-electron chi connectivity index (χ2n) is 11.3. The summed E-state index contributed by atoms with van der Waals surface area (Å²) in [6.45, 7) is 6.06. The van der Waals surface area contributed by atoms with Gasteiger partial charge in [-0.2, -0.15) is 0 Å². The van der Waals surface area contributed by atoms with E-state index in [1.165, 1.54) is 24.8 Å². The maximum absolute atomic E-state index is 12.8. The lowest BCUT2D eigenvalue weighted by molar-refractivity contribution is 0.0499.